The van der Waals surface area contributed by atoms with Gasteiger partial charge in [0.05, 0.1) is 12.2 Å². The van der Waals surface area contributed by atoms with Gasteiger partial charge in [0.1, 0.15) is 0 Å². The minimum atomic E-state index is 0.200. The Hall–Kier alpha value is -0.860. The van der Waals surface area contributed by atoms with Crippen molar-refractivity contribution in [3.63, 3.8) is 0 Å². The van der Waals surface area contributed by atoms with Gasteiger partial charge >= 0.3 is 0 Å². The summed E-state index contributed by atoms with van der Waals surface area (Å²) in [6.45, 7) is 8.89. The first-order valence-corrected chi connectivity index (χ1v) is 8.62. The van der Waals surface area contributed by atoms with Gasteiger partial charge in [0.2, 0.25) is 0 Å². The van der Waals surface area contributed by atoms with Crippen molar-refractivity contribution in [3.05, 3.63) is 35.9 Å². The molecule has 3 unspecified atom stereocenters. The molecule has 0 aliphatic carbocycles. The SMILES string of the molecule is CCCNCC(CC)(CC1CCC(C)O1)c1ccccc1. The van der Waals surface area contributed by atoms with E-state index in [1.807, 2.05) is 0 Å². The standard InChI is InChI=1S/C19H31NO/c1-4-13-20-15-19(5-2,17-9-7-6-8-10-17)14-18-12-11-16(3)21-18/h6-10,16,18,20H,4-5,11-15H2,1-3H3. The van der Waals surface area contributed by atoms with Gasteiger partial charge in [-0.3, -0.25) is 0 Å². The van der Waals surface area contributed by atoms with Gasteiger partial charge in [0, 0.05) is 12.0 Å². The van der Waals surface area contributed by atoms with E-state index in [4.69, 9.17) is 4.74 Å². The summed E-state index contributed by atoms with van der Waals surface area (Å²) < 4.78 is 6.12. The summed E-state index contributed by atoms with van der Waals surface area (Å²) >= 11 is 0. The molecule has 1 aliphatic heterocycles. The maximum absolute atomic E-state index is 6.12. The molecule has 2 nitrogen and oxygen atoms in total. The highest BCUT2D eigenvalue weighted by Crippen LogP contribution is 2.36. The van der Waals surface area contributed by atoms with Crippen molar-refractivity contribution in [2.75, 3.05) is 13.1 Å². The average Bonchev–Trinajstić information content (AvgIpc) is 2.92. The molecule has 118 valence electrons. The second-order valence-corrected chi connectivity index (χ2v) is 6.53. The summed E-state index contributed by atoms with van der Waals surface area (Å²) in [5.74, 6) is 0. The predicted octanol–water partition coefficient (Wildman–Crippen LogP) is 4.29. The van der Waals surface area contributed by atoms with Crippen LogP contribution in [0.1, 0.15) is 58.4 Å². The fraction of sp³-hybridized carbons (Fsp3) is 0.684. The van der Waals surface area contributed by atoms with Gasteiger partial charge in [-0.05, 0) is 51.1 Å². The molecule has 0 amide bonds. The number of rotatable bonds is 8. The van der Waals surface area contributed by atoms with E-state index < -0.39 is 0 Å². The quantitative estimate of drug-likeness (QED) is 0.721. The van der Waals surface area contributed by atoms with Crippen LogP contribution >= 0.6 is 0 Å². The van der Waals surface area contributed by atoms with Crippen molar-refractivity contribution in [2.24, 2.45) is 0 Å². The molecular formula is C19H31NO. The summed E-state index contributed by atoms with van der Waals surface area (Å²) in [6.07, 6.45) is 6.75. The van der Waals surface area contributed by atoms with Crippen molar-refractivity contribution in [1.82, 2.24) is 5.32 Å². The summed E-state index contributed by atoms with van der Waals surface area (Å²) in [4.78, 5) is 0. The van der Waals surface area contributed by atoms with Crippen LogP contribution in [0.25, 0.3) is 0 Å². The van der Waals surface area contributed by atoms with Crippen LogP contribution in [0, 0.1) is 0 Å². The lowest BCUT2D eigenvalue weighted by Crippen LogP contribution is -2.41. The lowest BCUT2D eigenvalue weighted by atomic mass is 9.73. The van der Waals surface area contributed by atoms with E-state index in [1.54, 1.807) is 0 Å². The van der Waals surface area contributed by atoms with Crippen molar-refractivity contribution >= 4 is 0 Å². The van der Waals surface area contributed by atoms with Gasteiger partial charge in [0.15, 0.2) is 0 Å². The first kappa shape index (κ1) is 16.5. The molecule has 2 rings (SSSR count). The topological polar surface area (TPSA) is 21.3 Å². The molecule has 21 heavy (non-hydrogen) atoms. The lowest BCUT2D eigenvalue weighted by Gasteiger charge is -2.36. The smallest absolute Gasteiger partial charge is 0.0588 e. The molecule has 1 saturated heterocycles. The van der Waals surface area contributed by atoms with Gasteiger partial charge in [-0.2, -0.15) is 0 Å². The highest BCUT2D eigenvalue weighted by Gasteiger charge is 2.35. The lowest BCUT2D eigenvalue weighted by molar-refractivity contribution is 0.0347. The first-order chi connectivity index (χ1) is 10.2. The summed E-state index contributed by atoms with van der Waals surface area (Å²) in [7, 11) is 0. The van der Waals surface area contributed by atoms with Crippen molar-refractivity contribution in [1.29, 1.82) is 0 Å². The fourth-order valence-electron chi connectivity index (χ4n) is 3.53. The largest absolute Gasteiger partial charge is 0.375 e. The molecular weight excluding hydrogens is 258 g/mol. The maximum atomic E-state index is 6.12. The van der Waals surface area contributed by atoms with Crippen molar-refractivity contribution < 1.29 is 4.74 Å². The molecule has 1 aromatic rings. The molecule has 1 fully saturated rings. The Morgan fingerprint density at radius 1 is 1.19 bits per heavy atom. The molecule has 0 radical (unpaired) electrons. The zero-order valence-electron chi connectivity index (χ0n) is 13.9. The van der Waals surface area contributed by atoms with Gasteiger partial charge in [-0.1, -0.05) is 44.2 Å². The molecule has 1 aliphatic rings. The monoisotopic (exact) mass is 289 g/mol. The number of ether oxygens (including phenoxy) is 1. The number of benzene rings is 1. The van der Waals surface area contributed by atoms with Crippen LogP contribution in [-0.2, 0) is 10.2 Å². The van der Waals surface area contributed by atoms with E-state index in [2.05, 4.69) is 56.4 Å². The first-order valence-electron chi connectivity index (χ1n) is 8.62. The maximum Gasteiger partial charge on any atom is 0.0588 e. The Kier molecular flexibility index (Phi) is 6.25. The average molecular weight is 289 g/mol. The van der Waals surface area contributed by atoms with E-state index in [9.17, 15) is 0 Å². The van der Waals surface area contributed by atoms with Crippen LogP contribution in [0.3, 0.4) is 0 Å². The van der Waals surface area contributed by atoms with Gasteiger partial charge in [-0.25, -0.2) is 0 Å². The third kappa shape index (κ3) is 4.31. The van der Waals surface area contributed by atoms with Crippen molar-refractivity contribution in [3.8, 4) is 0 Å². The zero-order valence-corrected chi connectivity index (χ0v) is 13.9. The minimum absolute atomic E-state index is 0.200. The van der Waals surface area contributed by atoms with E-state index in [0.717, 1.165) is 25.9 Å². The van der Waals surface area contributed by atoms with Gasteiger partial charge < -0.3 is 10.1 Å². The molecule has 2 heteroatoms. The van der Waals surface area contributed by atoms with Gasteiger partial charge in [0.25, 0.3) is 0 Å². The third-order valence-corrected chi connectivity index (χ3v) is 4.89. The molecule has 3 atom stereocenters. The van der Waals surface area contributed by atoms with E-state index >= 15 is 0 Å². The van der Waals surface area contributed by atoms with E-state index in [-0.39, 0.29) is 5.41 Å². The molecule has 1 N–H and O–H groups in total. The van der Waals surface area contributed by atoms with E-state index in [0.29, 0.717) is 12.2 Å². The number of nitrogens with one attached hydrogen (secondary N) is 1. The van der Waals surface area contributed by atoms with Crippen LogP contribution in [0.2, 0.25) is 0 Å². The normalized spacial score (nSPS) is 24.9. The molecule has 0 spiro atoms. The second-order valence-electron chi connectivity index (χ2n) is 6.53. The molecule has 1 aromatic carbocycles. The number of hydrogen-bond donors (Lipinski definition) is 1. The zero-order chi connectivity index (χ0) is 15.1. The fourth-order valence-corrected chi connectivity index (χ4v) is 3.53. The molecule has 0 saturated carbocycles. The van der Waals surface area contributed by atoms with Crippen LogP contribution in [0.5, 0.6) is 0 Å². The number of hydrogen-bond acceptors (Lipinski definition) is 2. The molecule has 0 bridgehead atoms. The molecule has 1 heterocycles. The van der Waals surface area contributed by atoms with Crippen LogP contribution < -0.4 is 5.32 Å². The minimum Gasteiger partial charge on any atom is -0.375 e. The van der Waals surface area contributed by atoms with Gasteiger partial charge in [-0.15, -0.1) is 0 Å². The molecule has 0 aromatic heterocycles. The Bertz CT molecular complexity index is 405. The Balaban J connectivity index is 2.15. The highest BCUT2D eigenvalue weighted by molar-refractivity contribution is 5.26. The van der Waals surface area contributed by atoms with Crippen LogP contribution in [0.15, 0.2) is 30.3 Å². The van der Waals surface area contributed by atoms with Crippen LogP contribution in [-0.4, -0.2) is 25.3 Å². The third-order valence-electron chi connectivity index (χ3n) is 4.89. The Labute approximate surface area is 130 Å². The van der Waals surface area contributed by atoms with E-state index in [1.165, 1.54) is 24.8 Å². The van der Waals surface area contributed by atoms with Crippen molar-refractivity contribution in [2.45, 2.75) is 70.5 Å². The summed E-state index contributed by atoms with van der Waals surface area (Å²) in [5, 5.41) is 3.66. The Morgan fingerprint density at radius 3 is 2.52 bits per heavy atom. The van der Waals surface area contributed by atoms with Crippen LogP contribution in [0.4, 0.5) is 0 Å². The highest BCUT2D eigenvalue weighted by atomic mass is 16.5. The summed E-state index contributed by atoms with van der Waals surface area (Å²) in [6, 6.07) is 11.0. The summed E-state index contributed by atoms with van der Waals surface area (Å²) in [5.41, 5.74) is 1.66. The predicted molar refractivity (Wildman–Crippen MR) is 89.8 cm³/mol. The Morgan fingerprint density at radius 2 is 1.95 bits per heavy atom. The second kappa shape index (κ2) is 7.95.